The van der Waals surface area contributed by atoms with Gasteiger partial charge in [-0.25, -0.2) is 11.3 Å². The van der Waals surface area contributed by atoms with Crippen LogP contribution >= 0.6 is 22.7 Å². The first-order chi connectivity index (χ1) is 6.93. The summed E-state index contributed by atoms with van der Waals surface area (Å²) >= 11 is 3.41. The number of nitrogens with zero attached hydrogens (tertiary/aromatic N) is 1. The van der Waals surface area contributed by atoms with E-state index in [0.717, 1.165) is 15.4 Å². The molecule has 0 bridgehead atoms. The molecule has 1 nitrogen and oxygen atoms in total. The standard InChI is InChI=1S/C11H6NS2.2CH3.Ir/c1-2-5-9-8(4-1)12-11(14-9)10-6-3-7-13-10;;;/h1-5,7H;2*1H3;/q3*-1;+3. The van der Waals surface area contributed by atoms with E-state index in [4.69, 9.17) is 0 Å². The Balaban J connectivity index is 0.000000853. The summed E-state index contributed by atoms with van der Waals surface area (Å²) in [6, 6.07) is 13.3. The first-order valence-corrected chi connectivity index (χ1v) is 5.94. The molecule has 2 aromatic heterocycles. The summed E-state index contributed by atoms with van der Waals surface area (Å²) < 4.78 is 1.24. The van der Waals surface area contributed by atoms with E-state index < -0.39 is 0 Å². The van der Waals surface area contributed by atoms with Crippen LogP contribution in [-0.2, 0) is 20.1 Å². The predicted molar refractivity (Wildman–Crippen MR) is 74.6 cm³/mol. The average molecular weight is 439 g/mol. The predicted octanol–water partition coefficient (Wildman–Crippen LogP) is 4.72. The molecule has 0 aliphatic rings. The Labute approximate surface area is 124 Å². The van der Waals surface area contributed by atoms with Gasteiger partial charge in [-0.05, 0) is 12.1 Å². The number of thiazole rings is 1. The van der Waals surface area contributed by atoms with E-state index in [1.54, 1.807) is 22.7 Å². The van der Waals surface area contributed by atoms with Crippen LogP contribution in [0.15, 0.2) is 35.7 Å². The summed E-state index contributed by atoms with van der Waals surface area (Å²) in [5, 5.41) is 3.10. The van der Waals surface area contributed by atoms with E-state index in [9.17, 15) is 0 Å². The molecule has 0 spiro atoms. The Morgan fingerprint density at radius 3 is 2.53 bits per heavy atom. The van der Waals surface area contributed by atoms with Crippen LogP contribution < -0.4 is 0 Å². The molecular weight excluding hydrogens is 427 g/mol. The largest absolute Gasteiger partial charge is 3.00 e. The van der Waals surface area contributed by atoms with Crippen LogP contribution in [0.25, 0.3) is 20.1 Å². The molecule has 3 aromatic rings. The molecule has 17 heavy (non-hydrogen) atoms. The van der Waals surface area contributed by atoms with Crippen molar-refractivity contribution in [1.82, 2.24) is 4.98 Å². The second kappa shape index (κ2) is 7.02. The van der Waals surface area contributed by atoms with Gasteiger partial charge < -0.3 is 14.9 Å². The first-order valence-electron chi connectivity index (χ1n) is 4.24. The smallest absolute Gasteiger partial charge is 0.358 e. The third-order valence-electron chi connectivity index (χ3n) is 1.96. The van der Waals surface area contributed by atoms with Gasteiger partial charge in [0, 0.05) is 9.71 Å². The van der Waals surface area contributed by atoms with E-state index >= 15 is 0 Å². The number of aromatic nitrogens is 1. The molecule has 0 aliphatic carbocycles. The SMILES string of the molecule is [CH3-].[CH3-].[Ir+3].[c-]1ccsc1-c1nc2ccccc2s1. The summed E-state index contributed by atoms with van der Waals surface area (Å²) in [6.07, 6.45) is 0. The van der Waals surface area contributed by atoms with Crippen molar-refractivity contribution in [1.29, 1.82) is 0 Å². The Morgan fingerprint density at radius 1 is 1.12 bits per heavy atom. The molecule has 0 unspecified atom stereocenters. The van der Waals surface area contributed by atoms with Crippen LogP contribution in [0.5, 0.6) is 0 Å². The average Bonchev–Trinajstić information content (AvgIpc) is 2.86. The normalized spacial score (nSPS) is 8.94. The van der Waals surface area contributed by atoms with E-state index in [1.165, 1.54) is 4.70 Å². The summed E-state index contributed by atoms with van der Waals surface area (Å²) in [4.78, 5) is 5.68. The number of hydrogen-bond acceptors (Lipinski definition) is 3. The molecule has 0 aliphatic heterocycles. The minimum absolute atomic E-state index is 0. The van der Waals surface area contributed by atoms with Crippen molar-refractivity contribution in [3.05, 3.63) is 56.6 Å². The molecule has 0 fully saturated rings. The summed E-state index contributed by atoms with van der Waals surface area (Å²) in [5.74, 6) is 0. The second-order valence-corrected chi connectivity index (χ2v) is 4.83. The Morgan fingerprint density at radius 2 is 1.88 bits per heavy atom. The first kappa shape index (κ1) is 16.5. The van der Waals surface area contributed by atoms with Gasteiger partial charge in [0.15, 0.2) is 0 Å². The zero-order valence-corrected chi connectivity index (χ0v) is 13.6. The number of para-hydroxylation sites is 1. The monoisotopic (exact) mass is 439 g/mol. The molecule has 90 valence electrons. The van der Waals surface area contributed by atoms with Gasteiger partial charge >= 0.3 is 20.1 Å². The zero-order valence-electron chi connectivity index (χ0n) is 9.56. The minimum atomic E-state index is 0. The molecule has 0 saturated carbocycles. The van der Waals surface area contributed by atoms with Gasteiger partial charge in [-0.15, -0.1) is 5.38 Å². The van der Waals surface area contributed by atoms with Crippen LogP contribution in [0.2, 0.25) is 0 Å². The van der Waals surface area contributed by atoms with Gasteiger partial charge in [0.2, 0.25) is 0 Å². The Bertz CT molecular complexity index is 525. The van der Waals surface area contributed by atoms with Crippen molar-refractivity contribution in [3.63, 3.8) is 0 Å². The molecule has 1 aromatic carbocycles. The van der Waals surface area contributed by atoms with E-state index in [0.29, 0.717) is 0 Å². The van der Waals surface area contributed by atoms with Crippen molar-refractivity contribution in [2.75, 3.05) is 0 Å². The number of rotatable bonds is 1. The summed E-state index contributed by atoms with van der Waals surface area (Å²) in [5.41, 5.74) is 1.08. The number of hydrogen-bond donors (Lipinski definition) is 0. The number of thiophene rings is 1. The fourth-order valence-electron chi connectivity index (χ4n) is 1.33. The van der Waals surface area contributed by atoms with Crippen molar-refractivity contribution in [2.45, 2.75) is 0 Å². The van der Waals surface area contributed by atoms with Crippen LogP contribution in [0.3, 0.4) is 0 Å². The van der Waals surface area contributed by atoms with Crippen molar-refractivity contribution >= 4 is 32.9 Å². The maximum atomic E-state index is 4.55. The topological polar surface area (TPSA) is 12.9 Å². The molecule has 4 heteroatoms. The Kier molecular flexibility index (Phi) is 6.80. The molecule has 0 atom stereocenters. The number of fused-ring (bicyclic) bond motifs is 1. The van der Waals surface area contributed by atoms with Gasteiger partial charge in [-0.3, -0.25) is 4.98 Å². The van der Waals surface area contributed by atoms with Gasteiger partial charge in [-0.2, -0.15) is 23.5 Å². The quantitative estimate of drug-likeness (QED) is 0.501. The van der Waals surface area contributed by atoms with E-state index in [1.807, 2.05) is 29.6 Å². The van der Waals surface area contributed by atoms with Crippen LogP contribution in [0.4, 0.5) is 0 Å². The van der Waals surface area contributed by atoms with Crippen molar-refractivity contribution in [2.24, 2.45) is 0 Å². The van der Waals surface area contributed by atoms with Gasteiger partial charge in [0.1, 0.15) is 0 Å². The summed E-state index contributed by atoms with van der Waals surface area (Å²) in [7, 11) is 0. The second-order valence-electron chi connectivity index (χ2n) is 2.88. The maximum Gasteiger partial charge on any atom is 3.00 e. The van der Waals surface area contributed by atoms with Gasteiger partial charge in [0.05, 0.1) is 5.52 Å². The number of benzene rings is 1. The minimum Gasteiger partial charge on any atom is -0.358 e. The van der Waals surface area contributed by atoms with Crippen LogP contribution in [0, 0.1) is 20.9 Å². The van der Waals surface area contributed by atoms with E-state index in [2.05, 4.69) is 17.1 Å². The van der Waals surface area contributed by atoms with Gasteiger partial charge in [-0.1, -0.05) is 17.0 Å². The van der Waals surface area contributed by atoms with E-state index in [-0.39, 0.29) is 35.0 Å². The van der Waals surface area contributed by atoms with Crippen molar-refractivity contribution in [3.8, 4) is 9.88 Å². The molecule has 2 heterocycles. The van der Waals surface area contributed by atoms with Crippen LogP contribution in [-0.4, -0.2) is 4.98 Å². The fraction of sp³-hybridized carbons (Fsp3) is 0. The summed E-state index contributed by atoms with van der Waals surface area (Å²) in [6.45, 7) is 0. The van der Waals surface area contributed by atoms with Crippen LogP contribution in [0.1, 0.15) is 0 Å². The fourth-order valence-corrected chi connectivity index (χ4v) is 3.02. The van der Waals surface area contributed by atoms with Crippen molar-refractivity contribution < 1.29 is 20.1 Å². The Hall–Kier alpha value is -0.541. The molecule has 0 N–H and O–H groups in total. The third-order valence-corrected chi connectivity index (χ3v) is 3.96. The molecular formula is C13H12IrNS2. The third kappa shape index (κ3) is 3.23. The molecule has 0 saturated heterocycles. The molecule has 0 amide bonds. The maximum absolute atomic E-state index is 4.55. The zero-order chi connectivity index (χ0) is 9.38. The molecule has 3 rings (SSSR count). The molecule has 0 radical (unpaired) electrons. The van der Waals surface area contributed by atoms with Gasteiger partial charge in [0.25, 0.3) is 0 Å².